The van der Waals surface area contributed by atoms with Crippen molar-refractivity contribution in [2.24, 2.45) is 0 Å². The van der Waals surface area contributed by atoms with Gasteiger partial charge in [0.25, 0.3) is 0 Å². The summed E-state index contributed by atoms with van der Waals surface area (Å²) in [5, 5.41) is 3.37. The Balaban J connectivity index is 1.96. The Hall–Kier alpha value is -1.39. The Morgan fingerprint density at radius 2 is 1.67 bits per heavy atom. The zero-order chi connectivity index (χ0) is 15.5. The van der Waals surface area contributed by atoms with Gasteiger partial charge in [-0.1, -0.05) is 17.7 Å². The maximum atomic E-state index is 12.3. The van der Waals surface area contributed by atoms with Crippen LogP contribution in [0.3, 0.4) is 0 Å². The lowest BCUT2D eigenvalue weighted by molar-refractivity contribution is 0.382. The third-order valence-corrected chi connectivity index (χ3v) is 4.41. The highest BCUT2D eigenvalue weighted by atomic mass is 32.2. The Kier molecular flexibility index (Phi) is 5.01. The number of hydrogen-bond donors (Lipinski definition) is 1. The second-order valence-corrected chi connectivity index (χ2v) is 7.73. The first-order valence-electron chi connectivity index (χ1n) is 7.11. The Morgan fingerprint density at radius 3 is 2.29 bits per heavy atom. The van der Waals surface area contributed by atoms with Crippen molar-refractivity contribution in [1.82, 2.24) is 5.32 Å². The zero-order valence-electron chi connectivity index (χ0n) is 13.1. The van der Waals surface area contributed by atoms with Gasteiger partial charge in [0.15, 0.2) is 0 Å². The molecule has 0 fully saturated rings. The largest absolute Gasteiger partial charge is 0.464 e. The van der Waals surface area contributed by atoms with E-state index < -0.39 is 10.8 Å². The monoisotopic (exact) mass is 305 g/mol. The normalized spacial score (nSPS) is 13.3. The topological polar surface area (TPSA) is 42.2 Å². The van der Waals surface area contributed by atoms with Gasteiger partial charge in [-0.05, 0) is 52.0 Å². The minimum atomic E-state index is -1.06. The molecular weight excluding hydrogens is 282 g/mol. The lowest BCUT2D eigenvalue weighted by Crippen LogP contribution is -2.34. The molecule has 0 amide bonds. The maximum Gasteiger partial charge on any atom is 0.118 e. The van der Waals surface area contributed by atoms with Gasteiger partial charge in [-0.25, -0.2) is 0 Å². The van der Waals surface area contributed by atoms with Gasteiger partial charge in [0.1, 0.15) is 11.5 Å². The summed E-state index contributed by atoms with van der Waals surface area (Å²) in [6.07, 6.45) is 0. The Morgan fingerprint density at radius 1 is 1.05 bits per heavy atom. The minimum absolute atomic E-state index is 0.0532. The van der Waals surface area contributed by atoms with Gasteiger partial charge in [-0.3, -0.25) is 4.21 Å². The van der Waals surface area contributed by atoms with Crippen molar-refractivity contribution < 1.29 is 8.63 Å². The number of nitrogens with one attached hydrogen (secondary N) is 1. The van der Waals surface area contributed by atoms with Crippen LogP contribution in [0.25, 0.3) is 0 Å². The highest BCUT2D eigenvalue weighted by molar-refractivity contribution is 7.84. The van der Waals surface area contributed by atoms with Gasteiger partial charge in [0, 0.05) is 10.4 Å². The lowest BCUT2D eigenvalue weighted by atomic mass is 10.1. The van der Waals surface area contributed by atoms with E-state index in [1.807, 2.05) is 43.3 Å². The maximum absolute atomic E-state index is 12.3. The Labute approximate surface area is 129 Å². The summed E-state index contributed by atoms with van der Waals surface area (Å²) in [7, 11) is -1.06. The van der Waals surface area contributed by atoms with Crippen LogP contribution in [0.15, 0.2) is 45.7 Å². The molecule has 1 atom stereocenters. The van der Waals surface area contributed by atoms with Crippen LogP contribution in [-0.2, 0) is 23.1 Å². The van der Waals surface area contributed by atoms with E-state index in [4.69, 9.17) is 4.42 Å². The second-order valence-electron chi connectivity index (χ2n) is 6.27. The molecule has 0 aliphatic heterocycles. The Bertz CT molecular complexity index is 608. The van der Waals surface area contributed by atoms with Crippen LogP contribution in [-0.4, -0.2) is 9.75 Å². The lowest BCUT2D eigenvalue weighted by Gasteiger charge is -2.19. The fourth-order valence-electron chi connectivity index (χ4n) is 1.85. The molecule has 3 nitrogen and oxygen atoms in total. The molecule has 0 radical (unpaired) electrons. The van der Waals surface area contributed by atoms with E-state index in [0.717, 1.165) is 16.4 Å². The second kappa shape index (κ2) is 6.58. The van der Waals surface area contributed by atoms with Crippen molar-refractivity contribution in [2.75, 3.05) is 0 Å². The van der Waals surface area contributed by atoms with Gasteiger partial charge in [0.05, 0.1) is 23.1 Å². The number of benzene rings is 1. The van der Waals surface area contributed by atoms with Gasteiger partial charge < -0.3 is 9.73 Å². The van der Waals surface area contributed by atoms with Gasteiger partial charge in [0.2, 0.25) is 0 Å². The van der Waals surface area contributed by atoms with Crippen molar-refractivity contribution in [3.05, 3.63) is 53.5 Å². The highest BCUT2D eigenvalue weighted by Gasteiger charge is 2.12. The van der Waals surface area contributed by atoms with Crippen LogP contribution in [0.4, 0.5) is 0 Å². The quantitative estimate of drug-likeness (QED) is 0.914. The van der Waals surface area contributed by atoms with Crippen LogP contribution in [0.5, 0.6) is 0 Å². The van der Waals surface area contributed by atoms with E-state index in [0.29, 0.717) is 12.3 Å². The summed E-state index contributed by atoms with van der Waals surface area (Å²) < 4.78 is 18.0. The van der Waals surface area contributed by atoms with E-state index in [1.54, 1.807) is 0 Å². The van der Waals surface area contributed by atoms with Crippen molar-refractivity contribution in [2.45, 2.75) is 50.4 Å². The third kappa shape index (κ3) is 5.14. The average Bonchev–Trinajstić information content (AvgIpc) is 2.84. The molecule has 0 aliphatic rings. The standard InChI is InChI=1S/C17H23NO2S/c1-13-5-9-16(10-6-13)21(19)12-15-8-7-14(20-15)11-18-17(2,3)4/h5-10,18H,11-12H2,1-4H3. The fraction of sp³-hybridized carbons (Fsp3) is 0.412. The van der Waals surface area contributed by atoms with Crippen LogP contribution < -0.4 is 5.32 Å². The summed E-state index contributed by atoms with van der Waals surface area (Å²) in [5.74, 6) is 2.05. The van der Waals surface area contributed by atoms with E-state index in [9.17, 15) is 4.21 Å². The summed E-state index contributed by atoms with van der Waals surface area (Å²) >= 11 is 0. The molecule has 21 heavy (non-hydrogen) atoms. The molecule has 4 heteroatoms. The van der Waals surface area contributed by atoms with Gasteiger partial charge >= 0.3 is 0 Å². The molecule has 0 bridgehead atoms. The molecule has 0 aliphatic carbocycles. The summed E-state index contributed by atoms with van der Waals surface area (Å²) in [5.41, 5.74) is 1.22. The van der Waals surface area contributed by atoms with Gasteiger partial charge in [-0.15, -0.1) is 0 Å². The first-order chi connectivity index (χ1) is 9.83. The first kappa shape index (κ1) is 16.0. The summed E-state index contributed by atoms with van der Waals surface area (Å²) in [6.45, 7) is 9.05. The summed E-state index contributed by atoms with van der Waals surface area (Å²) in [6, 6.07) is 11.6. The molecule has 2 rings (SSSR count). The molecule has 0 spiro atoms. The third-order valence-electron chi connectivity index (χ3n) is 3.07. The SMILES string of the molecule is Cc1ccc(S(=O)Cc2ccc(CNC(C)(C)C)o2)cc1. The first-order valence-corrected chi connectivity index (χ1v) is 8.43. The number of aryl methyl sites for hydroxylation is 1. The van der Waals surface area contributed by atoms with Crippen LogP contribution in [0, 0.1) is 6.92 Å². The average molecular weight is 305 g/mol. The number of furan rings is 1. The molecule has 0 saturated carbocycles. The van der Waals surface area contributed by atoms with E-state index in [2.05, 4.69) is 26.1 Å². The predicted molar refractivity (Wildman–Crippen MR) is 86.6 cm³/mol. The zero-order valence-corrected chi connectivity index (χ0v) is 13.9. The van der Waals surface area contributed by atoms with E-state index in [1.165, 1.54) is 5.56 Å². The summed E-state index contributed by atoms with van der Waals surface area (Å²) in [4.78, 5) is 0.839. The fourth-order valence-corrected chi connectivity index (χ4v) is 2.87. The van der Waals surface area contributed by atoms with Crippen LogP contribution in [0.1, 0.15) is 37.9 Å². The molecule has 114 valence electrons. The van der Waals surface area contributed by atoms with E-state index in [-0.39, 0.29) is 5.54 Å². The minimum Gasteiger partial charge on any atom is -0.464 e. The highest BCUT2D eigenvalue weighted by Crippen LogP contribution is 2.16. The smallest absolute Gasteiger partial charge is 0.118 e. The molecule has 1 unspecified atom stereocenters. The molecular formula is C17H23NO2S. The molecule has 1 aromatic heterocycles. The van der Waals surface area contributed by atoms with Crippen molar-refractivity contribution in [3.63, 3.8) is 0 Å². The van der Waals surface area contributed by atoms with Crippen molar-refractivity contribution >= 4 is 10.8 Å². The number of hydrogen-bond acceptors (Lipinski definition) is 3. The van der Waals surface area contributed by atoms with Crippen LogP contribution in [0.2, 0.25) is 0 Å². The van der Waals surface area contributed by atoms with Crippen LogP contribution >= 0.6 is 0 Å². The predicted octanol–water partition coefficient (Wildman–Crippen LogP) is 3.78. The molecule has 0 saturated heterocycles. The number of rotatable bonds is 5. The van der Waals surface area contributed by atoms with Crippen molar-refractivity contribution in [3.8, 4) is 0 Å². The molecule has 2 aromatic rings. The van der Waals surface area contributed by atoms with E-state index >= 15 is 0 Å². The molecule has 1 N–H and O–H groups in total. The molecule has 1 heterocycles. The molecule has 1 aromatic carbocycles. The van der Waals surface area contributed by atoms with Crippen molar-refractivity contribution in [1.29, 1.82) is 0 Å². The van der Waals surface area contributed by atoms with Gasteiger partial charge in [-0.2, -0.15) is 0 Å².